The van der Waals surface area contributed by atoms with Crippen molar-refractivity contribution in [2.45, 2.75) is 43.8 Å². The van der Waals surface area contributed by atoms with Gasteiger partial charge in [-0.05, 0) is 38.0 Å². The Morgan fingerprint density at radius 3 is 3.00 bits per heavy atom. The van der Waals surface area contributed by atoms with Crippen LogP contribution in [0.4, 0.5) is 0 Å². The van der Waals surface area contributed by atoms with E-state index in [1.54, 1.807) is 0 Å². The first-order valence-corrected chi connectivity index (χ1v) is 7.50. The summed E-state index contributed by atoms with van der Waals surface area (Å²) in [5.74, 6) is 2.90. The molecule has 0 saturated heterocycles. The van der Waals surface area contributed by atoms with Crippen LogP contribution in [0.3, 0.4) is 0 Å². The average Bonchev–Trinajstić information content (AvgIpc) is 3.03. The molecule has 1 aromatic rings. The predicted octanol–water partition coefficient (Wildman–Crippen LogP) is 1.51. The molecule has 0 unspecified atom stereocenters. The molecule has 98 valence electrons. The van der Waals surface area contributed by atoms with Crippen molar-refractivity contribution < 1.29 is 4.79 Å². The first kappa shape index (κ1) is 12.0. The van der Waals surface area contributed by atoms with Crippen molar-refractivity contribution in [2.24, 2.45) is 11.8 Å². The SMILES string of the molecule is Cc1nc(SCC(=O)N[C@H]2C[C@H]3CC[C@@H]2C3)n[nH]1. The second kappa shape index (κ2) is 4.91. The molecule has 3 rings (SSSR count). The largest absolute Gasteiger partial charge is 0.352 e. The smallest absolute Gasteiger partial charge is 0.230 e. The lowest BCUT2D eigenvalue weighted by Crippen LogP contribution is -2.39. The lowest BCUT2D eigenvalue weighted by molar-refractivity contribution is -0.119. The lowest BCUT2D eigenvalue weighted by atomic mass is 9.95. The van der Waals surface area contributed by atoms with E-state index in [2.05, 4.69) is 20.5 Å². The Labute approximate surface area is 111 Å². The molecule has 6 heteroatoms. The third-order valence-electron chi connectivity index (χ3n) is 3.99. The second-order valence-corrected chi connectivity index (χ2v) is 6.28. The number of fused-ring (bicyclic) bond motifs is 2. The van der Waals surface area contributed by atoms with Gasteiger partial charge < -0.3 is 5.32 Å². The van der Waals surface area contributed by atoms with Gasteiger partial charge in [-0.1, -0.05) is 18.2 Å². The first-order chi connectivity index (χ1) is 8.70. The number of nitrogens with zero attached hydrogens (tertiary/aromatic N) is 2. The van der Waals surface area contributed by atoms with E-state index in [4.69, 9.17) is 0 Å². The number of aromatic amines is 1. The fraction of sp³-hybridized carbons (Fsp3) is 0.750. The number of nitrogens with one attached hydrogen (secondary N) is 2. The summed E-state index contributed by atoms with van der Waals surface area (Å²) in [4.78, 5) is 16.0. The highest BCUT2D eigenvalue weighted by Gasteiger charge is 2.39. The van der Waals surface area contributed by atoms with Gasteiger partial charge in [-0.25, -0.2) is 4.98 Å². The molecule has 2 aliphatic rings. The highest BCUT2D eigenvalue weighted by molar-refractivity contribution is 7.99. The molecule has 0 aromatic carbocycles. The van der Waals surface area contributed by atoms with Gasteiger partial charge in [-0.2, -0.15) is 0 Å². The predicted molar refractivity (Wildman–Crippen MR) is 69.2 cm³/mol. The van der Waals surface area contributed by atoms with Crippen LogP contribution >= 0.6 is 11.8 Å². The minimum Gasteiger partial charge on any atom is -0.352 e. The van der Waals surface area contributed by atoms with Gasteiger partial charge in [0, 0.05) is 6.04 Å². The Kier molecular flexibility index (Phi) is 3.28. The van der Waals surface area contributed by atoms with E-state index in [0.717, 1.165) is 17.7 Å². The maximum absolute atomic E-state index is 11.9. The zero-order valence-corrected chi connectivity index (χ0v) is 11.3. The molecule has 5 nitrogen and oxygen atoms in total. The number of amides is 1. The van der Waals surface area contributed by atoms with Crippen molar-refractivity contribution >= 4 is 17.7 Å². The second-order valence-electron chi connectivity index (χ2n) is 5.34. The maximum atomic E-state index is 11.9. The third kappa shape index (κ3) is 2.53. The highest BCUT2D eigenvalue weighted by Crippen LogP contribution is 2.44. The van der Waals surface area contributed by atoms with Gasteiger partial charge in [0.15, 0.2) is 0 Å². The fourth-order valence-corrected chi connectivity index (χ4v) is 3.84. The van der Waals surface area contributed by atoms with Crippen molar-refractivity contribution in [1.82, 2.24) is 20.5 Å². The molecule has 3 atom stereocenters. The Morgan fingerprint density at radius 1 is 1.50 bits per heavy atom. The number of carbonyl (C=O) groups is 1. The monoisotopic (exact) mass is 266 g/mol. The Hall–Kier alpha value is -1.04. The minimum atomic E-state index is 0.111. The Balaban J connectivity index is 1.45. The summed E-state index contributed by atoms with van der Waals surface area (Å²) in [6.45, 7) is 1.85. The number of hydrogen-bond acceptors (Lipinski definition) is 4. The van der Waals surface area contributed by atoms with Crippen molar-refractivity contribution in [2.75, 3.05) is 5.75 Å². The molecular weight excluding hydrogens is 248 g/mol. The number of hydrogen-bond donors (Lipinski definition) is 2. The summed E-state index contributed by atoms with van der Waals surface area (Å²) < 4.78 is 0. The zero-order chi connectivity index (χ0) is 12.5. The van der Waals surface area contributed by atoms with Crippen molar-refractivity contribution in [3.8, 4) is 0 Å². The van der Waals surface area contributed by atoms with E-state index in [1.807, 2.05) is 6.92 Å². The van der Waals surface area contributed by atoms with E-state index in [1.165, 1.54) is 37.4 Å². The van der Waals surface area contributed by atoms with Crippen LogP contribution in [0.2, 0.25) is 0 Å². The normalized spacial score (nSPS) is 29.7. The van der Waals surface area contributed by atoms with Gasteiger partial charge in [-0.15, -0.1) is 5.10 Å². The van der Waals surface area contributed by atoms with E-state index in [9.17, 15) is 4.79 Å². The summed E-state index contributed by atoms with van der Waals surface area (Å²) in [6, 6.07) is 0.422. The first-order valence-electron chi connectivity index (χ1n) is 6.52. The van der Waals surface area contributed by atoms with Crippen LogP contribution in [0.25, 0.3) is 0 Å². The molecule has 18 heavy (non-hydrogen) atoms. The van der Waals surface area contributed by atoms with Crippen molar-refractivity contribution in [3.05, 3.63) is 5.82 Å². The molecule has 2 aliphatic carbocycles. The molecular formula is C12H18N4OS. The quantitative estimate of drug-likeness (QED) is 0.810. The van der Waals surface area contributed by atoms with Crippen LogP contribution in [0.5, 0.6) is 0 Å². The van der Waals surface area contributed by atoms with Crippen LogP contribution in [-0.4, -0.2) is 32.9 Å². The lowest BCUT2D eigenvalue weighted by Gasteiger charge is -2.22. The number of H-pyrrole nitrogens is 1. The highest BCUT2D eigenvalue weighted by atomic mass is 32.2. The van der Waals surface area contributed by atoms with Crippen molar-refractivity contribution in [3.63, 3.8) is 0 Å². The van der Waals surface area contributed by atoms with Gasteiger partial charge >= 0.3 is 0 Å². The molecule has 2 fully saturated rings. The average molecular weight is 266 g/mol. The number of rotatable bonds is 4. The van der Waals surface area contributed by atoms with Crippen LogP contribution in [0, 0.1) is 18.8 Å². The minimum absolute atomic E-state index is 0.111. The summed E-state index contributed by atoms with van der Waals surface area (Å²) in [5.41, 5.74) is 0. The van der Waals surface area contributed by atoms with Crippen molar-refractivity contribution in [1.29, 1.82) is 0 Å². The zero-order valence-electron chi connectivity index (χ0n) is 10.5. The van der Waals surface area contributed by atoms with Gasteiger partial charge in [0.1, 0.15) is 5.82 Å². The van der Waals surface area contributed by atoms with E-state index in [0.29, 0.717) is 17.0 Å². The van der Waals surface area contributed by atoms with Gasteiger partial charge in [0.2, 0.25) is 11.1 Å². The van der Waals surface area contributed by atoms with Gasteiger partial charge in [0.05, 0.1) is 5.75 Å². The topological polar surface area (TPSA) is 70.7 Å². The summed E-state index contributed by atoms with van der Waals surface area (Å²) in [6.07, 6.45) is 5.16. The third-order valence-corrected chi connectivity index (χ3v) is 4.84. The molecule has 0 aliphatic heterocycles. The van der Waals surface area contributed by atoms with Crippen LogP contribution in [0.1, 0.15) is 31.5 Å². The molecule has 1 aromatic heterocycles. The molecule has 0 spiro atoms. The molecule has 1 amide bonds. The number of carbonyl (C=O) groups excluding carboxylic acids is 1. The summed E-state index contributed by atoms with van der Waals surface area (Å²) >= 11 is 1.39. The van der Waals surface area contributed by atoms with E-state index < -0.39 is 0 Å². The molecule has 2 N–H and O–H groups in total. The number of aromatic nitrogens is 3. The molecule has 2 saturated carbocycles. The molecule has 2 bridgehead atoms. The van der Waals surface area contributed by atoms with Gasteiger partial charge in [-0.3, -0.25) is 9.89 Å². The Bertz CT molecular complexity index is 447. The van der Waals surface area contributed by atoms with Gasteiger partial charge in [0.25, 0.3) is 0 Å². The maximum Gasteiger partial charge on any atom is 0.230 e. The molecule has 0 radical (unpaired) electrons. The van der Waals surface area contributed by atoms with E-state index in [-0.39, 0.29) is 5.91 Å². The number of thioether (sulfide) groups is 1. The van der Waals surface area contributed by atoms with Crippen LogP contribution in [-0.2, 0) is 4.79 Å². The van der Waals surface area contributed by atoms with Crippen LogP contribution < -0.4 is 5.32 Å². The summed E-state index contributed by atoms with van der Waals surface area (Å²) in [5, 5.41) is 10.6. The number of aryl methyl sites for hydroxylation is 1. The Morgan fingerprint density at radius 2 is 2.39 bits per heavy atom. The van der Waals surface area contributed by atoms with E-state index >= 15 is 0 Å². The standard InChI is InChI=1S/C12H18N4OS/c1-7-13-12(16-15-7)18-6-11(17)14-10-5-8-2-3-9(10)4-8/h8-10H,2-6H2,1H3,(H,14,17)(H,13,15,16)/t8-,9+,10-/m0/s1. The summed E-state index contributed by atoms with van der Waals surface area (Å²) in [7, 11) is 0. The van der Waals surface area contributed by atoms with Crippen LogP contribution in [0.15, 0.2) is 5.16 Å². The fourth-order valence-electron chi connectivity index (χ4n) is 3.19. The molecule has 1 heterocycles.